The van der Waals surface area contributed by atoms with Gasteiger partial charge in [-0.1, -0.05) is 42.5 Å². The van der Waals surface area contributed by atoms with Crippen LogP contribution in [-0.4, -0.2) is 47.2 Å². The van der Waals surface area contributed by atoms with Crippen LogP contribution in [0.3, 0.4) is 0 Å². The Balaban J connectivity index is 1.27. The summed E-state index contributed by atoms with van der Waals surface area (Å²) in [5.41, 5.74) is 10.9. The van der Waals surface area contributed by atoms with Crippen molar-refractivity contribution < 1.29 is 23.8 Å². The van der Waals surface area contributed by atoms with Crippen molar-refractivity contribution in [2.24, 2.45) is 5.73 Å². The lowest BCUT2D eigenvalue weighted by atomic mass is 9.79. The number of aliphatic hydroxyl groups is 1. The van der Waals surface area contributed by atoms with E-state index in [1.807, 2.05) is 12.1 Å². The van der Waals surface area contributed by atoms with Crippen molar-refractivity contribution in [2.45, 2.75) is 50.4 Å². The lowest BCUT2D eigenvalue weighted by Crippen LogP contribution is -2.38. The number of nitrogens with zero attached hydrogens (tertiary/aromatic N) is 1. The number of aryl methyl sites for hydroxylation is 1. The van der Waals surface area contributed by atoms with Gasteiger partial charge in [0.1, 0.15) is 11.9 Å². The monoisotopic (exact) mass is 502 g/mol. The van der Waals surface area contributed by atoms with Crippen LogP contribution in [0.2, 0.25) is 0 Å². The lowest BCUT2D eigenvalue weighted by molar-refractivity contribution is -0.122. The van der Waals surface area contributed by atoms with Crippen LogP contribution in [0.25, 0.3) is 11.1 Å². The Morgan fingerprint density at radius 3 is 2.24 bits per heavy atom. The summed E-state index contributed by atoms with van der Waals surface area (Å²) in [6.45, 7) is 2.53. The number of esters is 1. The van der Waals surface area contributed by atoms with E-state index >= 15 is 0 Å². The number of carbonyl (C=O) groups is 2. The highest BCUT2D eigenvalue weighted by atomic mass is 19.1. The molecule has 3 N–H and O–H groups in total. The van der Waals surface area contributed by atoms with Gasteiger partial charge >= 0.3 is 5.97 Å². The molecule has 0 bridgehead atoms. The highest BCUT2D eigenvalue weighted by Crippen LogP contribution is 2.35. The van der Waals surface area contributed by atoms with Crippen molar-refractivity contribution in [1.82, 2.24) is 4.90 Å². The first-order chi connectivity index (χ1) is 17.9. The number of ether oxygens (including phenoxy) is 1. The number of carbonyl (C=O) groups excluding carboxylic acids is 2. The number of fused-ring (bicyclic) bond motifs is 1. The molecular weight excluding hydrogens is 471 g/mol. The Labute approximate surface area is 215 Å². The van der Waals surface area contributed by atoms with Gasteiger partial charge in [0.15, 0.2) is 0 Å². The summed E-state index contributed by atoms with van der Waals surface area (Å²) in [6.07, 6.45) is 1.94. The Hall–Kier alpha value is -3.55. The number of likely N-dealkylation sites (tertiary alicyclic amines) is 1. The number of primary amides is 1. The predicted molar refractivity (Wildman–Crippen MR) is 138 cm³/mol. The molecule has 3 aromatic carbocycles. The summed E-state index contributed by atoms with van der Waals surface area (Å²) < 4.78 is 19.0. The highest BCUT2D eigenvalue weighted by molar-refractivity contribution is 5.91. The van der Waals surface area contributed by atoms with E-state index in [2.05, 4.69) is 11.0 Å². The molecule has 1 saturated heterocycles. The topological polar surface area (TPSA) is 92.9 Å². The predicted octanol–water partition coefficient (Wildman–Crippen LogP) is 4.19. The molecule has 1 fully saturated rings. The minimum absolute atomic E-state index is 0.205. The Bertz CT molecular complexity index is 1270. The van der Waals surface area contributed by atoms with Gasteiger partial charge in [0.25, 0.3) is 0 Å². The fourth-order valence-electron chi connectivity index (χ4n) is 5.39. The molecule has 0 radical (unpaired) electrons. The lowest BCUT2D eigenvalue weighted by Gasteiger charge is -2.32. The summed E-state index contributed by atoms with van der Waals surface area (Å²) in [7, 11) is 0. The molecule has 1 aliphatic heterocycles. The molecule has 7 heteroatoms. The molecule has 192 valence electrons. The first-order valence-corrected chi connectivity index (χ1v) is 12.8. The van der Waals surface area contributed by atoms with E-state index in [-0.39, 0.29) is 11.9 Å². The van der Waals surface area contributed by atoms with Crippen LogP contribution >= 0.6 is 0 Å². The third kappa shape index (κ3) is 5.73. The zero-order valence-electron chi connectivity index (χ0n) is 20.6. The maximum Gasteiger partial charge on any atom is 0.338 e. The molecule has 3 aromatic rings. The zero-order valence-corrected chi connectivity index (χ0v) is 20.6. The minimum atomic E-state index is -0.703. The SMILES string of the molecule is NC(=O)C1c2ccc(CN3CCC(O)CC3)cc2CCC1OC(=O)c1ccc(-c2ccc(F)cc2)cc1. The quantitative estimate of drug-likeness (QED) is 0.493. The molecule has 1 amide bonds. The van der Waals surface area contributed by atoms with E-state index in [0.29, 0.717) is 18.4 Å². The third-order valence-corrected chi connectivity index (χ3v) is 7.44. The number of hydrogen-bond donors (Lipinski definition) is 2. The van der Waals surface area contributed by atoms with E-state index < -0.39 is 23.9 Å². The number of amides is 1. The summed E-state index contributed by atoms with van der Waals surface area (Å²) >= 11 is 0. The van der Waals surface area contributed by atoms with Crippen LogP contribution in [0.4, 0.5) is 4.39 Å². The van der Waals surface area contributed by atoms with Crippen molar-refractivity contribution in [1.29, 1.82) is 0 Å². The van der Waals surface area contributed by atoms with Crippen molar-refractivity contribution in [3.63, 3.8) is 0 Å². The number of halogens is 1. The van der Waals surface area contributed by atoms with Gasteiger partial charge in [0, 0.05) is 19.6 Å². The van der Waals surface area contributed by atoms with Crippen molar-refractivity contribution >= 4 is 11.9 Å². The Kier molecular flexibility index (Phi) is 7.35. The van der Waals surface area contributed by atoms with Gasteiger partial charge in [-0.25, -0.2) is 9.18 Å². The molecule has 2 unspecified atom stereocenters. The van der Waals surface area contributed by atoms with Gasteiger partial charge in [-0.15, -0.1) is 0 Å². The molecule has 5 rings (SSSR count). The largest absolute Gasteiger partial charge is 0.458 e. The van der Waals surface area contributed by atoms with Crippen LogP contribution < -0.4 is 5.73 Å². The van der Waals surface area contributed by atoms with Crippen molar-refractivity contribution in [3.8, 4) is 11.1 Å². The van der Waals surface area contributed by atoms with Crippen LogP contribution in [0.5, 0.6) is 0 Å². The second kappa shape index (κ2) is 10.8. The molecule has 37 heavy (non-hydrogen) atoms. The number of nitrogens with two attached hydrogens (primary N) is 1. The van der Waals surface area contributed by atoms with Gasteiger partial charge in [-0.2, -0.15) is 0 Å². The Morgan fingerprint density at radius 2 is 1.59 bits per heavy atom. The number of rotatable bonds is 6. The molecule has 1 aliphatic carbocycles. The molecule has 1 heterocycles. The third-order valence-electron chi connectivity index (χ3n) is 7.44. The fourth-order valence-corrected chi connectivity index (χ4v) is 5.39. The van der Waals surface area contributed by atoms with Crippen molar-refractivity contribution in [3.05, 3.63) is 94.8 Å². The summed E-state index contributed by atoms with van der Waals surface area (Å²) in [6, 6.07) is 19.1. The van der Waals surface area contributed by atoms with Crippen LogP contribution in [0.1, 0.15) is 52.2 Å². The zero-order chi connectivity index (χ0) is 25.9. The number of benzene rings is 3. The van der Waals surface area contributed by atoms with E-state index in [0.717, 1.165) is 60.3 Å². The second-order valence-corrected chi connectivity index (χ2v) is 9.99. The molecule has 2 aliphatic rings. The van der Waals surface area contributed by atoms with Gasteiger partial charge in [0.2, 0.25) is 5.91 Å². The van der Waals surface area contributed by atoms with E-state index in [1.165, 1.54) is 12.1 Å². The van der Waals surface area contributed by atoms with Gasteiger partial charge < -0.3 is 15.6 Å². The Morgan fingerprint density at radius 1 is 0.946 bits per heavy atom. The average Bonchev–Trinajstić information content (AvgIpc) is 2.90. The van der Waals surface area contributed by atoms with Crippen LogP contribution in [-0.2, 0) is 22.5 Å². The fraction of sp³-hybridized carbons (Fsp3) is 0.333. The normalized spacial score (nSPS) is 20.3. The first-order valence-electron chi connectivity index (χ1n) is 12.8. The second-order valence-electron chi connectivity index (χ2n) is 9.99. The van der Waals surface area contributed by atoms with Crippen LogP contribution in [0.15, 0.2) is 66.7 Å². The van der Waals surface area contributed by atoms with Crippen molar-refractivity contribution in [2.75, 3.05) is 13.1 Å². The minimum Gasteiger partial charge on any atom is -0.458 e. The first kappa shape index (κ1) is 25.1. The summed E-state index contributed by atoms with van der Waals surface area (Å²) in [4.78, 5) is 27.7. The molecular formula is C30H31FN2O4. The summed E-state index contributed by atoms with van der Waals surface area (Å²) in [5, 5.41) is 9.74. The molecule has 0 spiro atoms. The number of aliphatic hydroxyl groups excluding tert-OH is 1. The van der Waals surface area contributed by atoms with Crippen LogP contribution in [0, 0.1) is 5.82 Å². The molecule has 2 atom stereocenters. The molecule has 6 nitrogen and oxygen atoms in total. The average molecular weight is 503 g/mol. The number of piperidine rings is 1. The van der Waals surface area contributed by atoms with E-state index in [1.54, 1.807) is 36.4 Å². The van der Waals surface area contributed by atoms with E-state index in [4.69, 9.17) is 10.5 Å². The maximum absolute atomic E-state index is 13.2. The van der Waals surface area contributed by atoms with Gasteiger partial charge in [-0.05, 0) is 77.8 Å². The molecule has 0 saturated carbocycles. The molecule has 0 aromatic heterocycles. The standard InChI is InChI=1S/C30H31FN2O4/c31-24-9-6-21(7-10-24)20-2-4-22(5-3-20)30(36)37-27-12-8-23-17-19(1-11-26(23)28(27)29(32)35)18-33-15-13-25(34)14-16-33/h1-7,9-11,17,25,27-28,34H,8,12-16,18H2,(H2,32,35). The smallest absolute Gasteiger partial charge is 0.338 e. The summed E-state index contributed by atoms with van der Waals surface area (Å²) in [5.74, 6) is -2.02. The maximum atomic E-state index is 13.2. The highest BCUT2D eigenvalue weighted by Gasteiger charge is 2.36. The number of hydrogen-bond acceptors (Lipinski definition) is 5. The van der Waals surface area contributed by atoms with Gasteiger partial charge in [0.05, 0.1) is 17.6 Å². The van der Waals surface area contributed by atoms with E-state index in [9.17, 15) is 19.1 Å². The van der Waals surface area contributed by atoms with Gasteiger partial charge in [-0.3, -0.25) is 9.69 Å².